The molecule has 27 heavy (non-hydrogen) atoms. The van der Waals surface area contributed by atoms with Crippen molar-refractivity contribution in [2.45, 2.75) is 50.9 Å². The Labute approximate surface area is 160 Å². The van der Waals surface area contributed by atoms with Gasteiger partial charge in [0.1, 0.15) is 0 Å². The molecular weight excluding hydrogens is 340 g/mol. The second-order valence-corrected chi connectivity index (χ2v) is 7.95. The van der Waals surface area contributed by atoms with Crippen molar-refractivity contribution in [1.82, 2.24) is 19.4 Å². The van der Waals surface area contributed by atoms with E-state index in [-0.39, 0.29) is 11.9 Å². The molecule has 0 radical (unpaired) electrons. The molecule has 1 atom stereocenters. The molecule has 2 aromatic rings. The van der Waals surface area contributed by atoms with Crippen LogP contribution in [0.2, 0.25) is 0 Å². The molecule has 6 heteroatoms. The van der Waals surface area contributed by atoms with Crippen molar-refractivity contribution < 1.29 is 9.90 Å². The van der Waals surface area contributed by atoms with Gasteiger partial charge in [0.25, 0.3) is 0 Å². The highest BCUT2D eigenvalue weighted by Crippen LogP contribution is 2.26. The first kappa shape index (κ1) is 18.2. The number of fused-ring (bicyclic) bond motifs is 1. The Morgan fingerprint density at radius 1 is 1.22 bits per heavy atom. The lowest BCUT2D eigenvalue weighted by Crippen LogP contribution is -2.54. The van der Waals surface area contributed by atoms with Crippen LogP contribution in [-0.2, 0) is 24.3 Å². The lowest BCUT2D eigenvalue weighted by Gasteiger charge is -2.41. The van der Waals surface area contributed by atoms with E-state index in [1.807, 2.05) is 22.6 Å². The van der Waals surface area contributed by atoms with Gasteiger partial charge in [-0.25, -0.2) is 4.98 Å². The topological polar surface area (TPSA) is 61.6 Å². The predicted molar refractivity (Wildman–Crippen MR) is 103 cm³/mol. The molecule has 2 aliphatic rings. The highest BCUT2D eigenvalue weighted by molar-refractivity contribution is 5.81. The number of aromatic nitrogens is 2. The first-order chi connectivity index (χ1) is 13.0. The maximum atomic E-state index is 13.0. The second kappa shape index (κ2) is 7.44. The molecule has 1 saturated heterocycles. The summed E-state index contributed by atoms with van der Waals surface area (Å²) in [7, 11) is 0. The number of nitrogens with zero attached hydrogens (tertiary/aromatic N) is 4. The monoisotopic (exact) mass is 368 g/mol. The largest absolute Gasteiger partial charge is 0.388 e. The zero-order chi connectivity index (χ0) is 18.9. The molecule has 3 heterocycles. The highest BCUT2D eigenvalue weighted by atomic mass is 16.3. The zero-order valence-corrected chi connectivity index (χ0v) is 15.9. The molecule has 0 aliphatic carbocycles. The fourth-order valence-electron chi connectivity index (χ4n) is 4.29. The molecule has 0 bridgehead atoms. The average molecular weight is 368 g/mol. The summed E-state index contributed by atoms with van der Waals surface area (Å²) in [4.78, 5) is 21.3. The van der Waals surface area contributed by atoms with Crippen LogP contribution in [-0.4, -0.2) is 61.6 Å². The highest BCUT2D eigenvalue weighted by Gasteiger charge is 2.36. The maximum Gasteiger partial charge on any atom is 0.239 e. The molecule has 1 unspecified atom stereocenters. The van der Waals surface area contributed by atoms with Crippen LogP contribution in [0.5, 0.6) is 0 Å². The van der Waals surface area contributed by atoms with E-state index in [4.69, 9.17) is 0 Å². The van der Waals surface area contributed by atoms with Crippen molar-refractivity contribution in [1.29, 1.82) is 0 Å². The van der Waals surface area contributed by atoms with Gasteiger partial charge in [-0.15, -0.1) is 0 Å². The van der Waals surface area contributed by atoms with Gasteiger partial charge in [-0.1, -0.05) is 24.3 Å². The molecule has 4 rings (SSSR count). The third-order valence-corrected chi connectivity index (χ3v) is 6.11. The van der Waals surface area contributed by atoms with Gasteiger partial charge in [0.05, 0.1) is 24.5 Å². The number of carbonyl (C=O) groups excluding carboxylic acids is 1. The minimum Gasteiger partial charge on any atom is -0.388 e. The van der Waals surface area contributed by atoms with Gasteiger partial charge in [0.15, 0.2) is 0 Å². The van der Waals surface area contributed by atoms with Crippen LogP contribution in [0.4, 0.5) is 0 Å². The fraction of sp³-hybridized carbons (Fsp3) is 0.524. The summed E-state index contributed by atoms with van der Waals surface area (Å²) in [6.07, 6.45) is 7.52. The second-order valence-electron chi connectivity index (χ2n) is 7.95. The number of rotatable bonds is 4. The molecule has 6 nitrogen and oxygen atoms in total. The quantitative estimate of drug-likeness (QED) is 0.892. The minimum atomic E-state index is -0.759. The number of hydrogen-bond acceptors (Lipinski definition) is 4. The first-order valence-corrected chi connectivity index (χ1v) is 9.82. The summed E-state index contributed by atoms with van der Waals surface area (Å²) in [5.74, 6) is 0.180. The van der Waals surface area contributed by atoms with Crippen molar-refractivity contribution in [3.05, 3.63) is 54.1 Å². The smallest absolute Gasteiger partial charge is 0.239 e. The van der Waals surface area contributed by atoms with Crippen LogP contribution < -0.4 is 0 Å². The number of likely N-dealkylation sites (tertiary alicyclic amines) is 1. The summed E-state index contributed by atoms with van der Waals surface area (Å²) >= 11 is 0. The maximum absolute atomic E-state index is 13.0. The van der Waals surface area contributed by atoms with Gasteiger partial charge in [0.2, 0.25) is 5.91 Å². The van der Waals surface area contributed by atoms with Gasteiger partial charge in [0, 0.05) is 38.6 Å². The van der Waals surface area contributed by atoms with Crippen LogP contribution in [0.3, 0.4) is 0 Å². The molecule has 144 valence electrons. The number of aliphatic hydroxyl groups is 1. The van der Waals surface area contributed by atoms with E-state index >= 15 is 0 Å². The molecular formula is C21H28N4O2. The number of piperidine rings is 1. The van der Waals surface area contributed by atoms with Gasteiger partial charge < -0.3 is 14.6 Å². The normalized spacial score (nSPS) is 20.9. The molecule has 1 fully saturated rings. The van der Waals surface area contributed by atoms with E-state index in [9.17, 15) is 9.90 Å². The van der Waals surface area contributed by atoms with Crippen LogP contribution in [0.1, 0.15) is 30.9 Å². The first-order valence-electron chi connectivity index (χ1n) is 9.82. The molecule has 1 amide bonds. The van der Waals surface area contributed by atoms with Gasteiger partial charge in [-0.2, -0.15) is 0 Å². The number of amides is 1. The standard InChI is InChI=1S/C21H28N4O2/c1-17(25-10-6-18-4-2-3-5-19(18)14-25)20(26)24-11-7-21(27,8-12-24)15-23-13-9-22-16-23/h2-5,9,13,16-17,27H,6-8,10-12,14-15H2,1H3. The van der Waals surface area contributed by atoms with E-state index < -0.39 is 5.60 Å². The Kier molecular flexibility index (Phi) is 5.02. The van der Waals surface area contributed by atoms with Crippen LogP contribution in [0.25, 0.3) is 0 Å². The Bertz CT molecular complexity index is 781. The molecule has 1 N–H and O–H groups in total. The van der Waals surface area contributed by atoms with Crippen molar-refractivity contribution in [3.63, 3.8) is 0 Å². The SMILES string of the molecule is CC(C(=O)N1CCC(O)(Cn2ccnc2)CC1)N1CCc2ccccc2C1. The van der Waals surface area contributed by atoms with Crippen molar-refractivity contribution >= 4 is 5.91 Å². The van der Waals surface area contributed by atoms with Crippen molar-refractivity contribution in [3.8, 4) is 0 Å². The summed E-state index contributed by atoms with van der Waals surface area (Å²) < 4.78 is 1.91. The molecule has 1 aromatic heterocycles. The number of carbonyl (C=O) groups is 1. The summed E-state index contributed by atoms with van der Waals surface area (Å²) in [6.45, 7) is 5.53. The zero-order valence-electron chi connectivity index (χ0n) is 15.9. The Morgan fingerprint density at radius 3 is 2.67 bits per heavy atom. The minimum absolute atomic E-state index is 0.127. The van der Waals surface area contributed by atoms with E-state index in [0.717, 1.165) is 19.5 Å². The van der Waals surface area contributed by atoms with Crippen molar-refractivity contribution in [2.75, 3.05) is 19.6 Å². The summed E-state index contributed by atoms with van der Waals surface area (Å²) in [6, 6.07) is 8.38. The number of benzene rings is 1. The van der Waals surface area contributed by atoms with E-state index in [2.05, 4.69) is 34.1 Å². The lowest BCUT2D eigenvalue weighted by molar-refractivity contribution is -0.141. The van der Waals surface area contributed by atoms with Crippen LogP contribution in [0, 0.1) is 0 Å². The third-order valence-electron chi connectivity index (χ3n) is 6.11. The van der Waals surface area contributed by atoms with Gasteiger partial charge in [-0.3, -0.25) is 9.69 Å². The van der Waals surface area contributed by atoms with E-state index in [1.54, 1.807) is 12.5 Å². The molecule has 0 saturated carbocycles. The van der Waals surface area contributed by atoms with E-state index in [1.165, 1.54) is 11.1 Å². The molecule has 2 aliphatic heterocycles. The average Bonchev–Trinajstić information content (AvgIpc) is 3.19. The lowest BCUT2D eigenvalue weighted by atomic mass is 9.90. The van der Waals surface area contributed by atoms with Crippen LogP contribution in [0.15, 0.2) is 43.0 Å². The Morgan fingerprint density at radius 2 is 1.96 bits per heavy atom. The summed E-state index contributed by atoms with van der Waals surface area (Å²) in [5, 5.41) is 10.8. The van der Waals surface area contributed by atoms with E-state index in [0.29, 0.717) is 32.5 Å². The number of hydrogen-bond donors (Lipinski definition) is 1. The van der Waals surface area contributed by atoms with Crippen molar-refractivity contribution in [2.24, 2.45) is 0 Å². The summed E-state index contributed by atoms with van der Waals surface area (Å²) in [5.41, 5.74) is 1.97. The third kappa shape index (κ3) is 3.92. The fourth-order valence-corrected chi connectivity index (χ4v) is 4.29. The Balaban J connectivity index is 1.34. The van der Waals surface area contributed by atoms with Crippen LogP contribution >= 0.6 is 0 Å². The number of imidazole rings is 1. The van der Waals surface area contributed by atoms with Gasteiger partial charge in [-0.05, 0) is 37.3 Å². The molecule has 0 spiro atoms. The Hall–Kier alpha value is -2.18. The van der Waals surface area contributed by atoms with Gasteiger partial charge >= 0.3 is 0 Å². The molecule has 1 aromatic carbocycles. The predicted octanol–water partition coefficient (Wildman–Crippen LogP) is 1.68.